The summed E-state index contributed by atoms with van der Waals surface area (Å²) in [5.74, 6) is 0. The second kappa shape index (κ2) is 2.97. The zero-order chi connectivity index (χ0) is 9.38. The minimum atomic E-state index is 0.333. The van der Waals surface area contributed by atoms with Crippen LogP contribution >= 0.6 is 0 Å². The molecule has 0 aliphatic heterocycles. The number of para-hydroxylation sites is 1. The summed E-state index contributed by atoms with van der Waals surface area (Å²) < 4.78 is 0. The first-order valence-corrected chi connectivity index (χ1v) is 4.91. The Kier molecular flexibility index (Phi) is 1.65. The van der Waals surface area contributed by atoms with Gasteiger partial charge in [0.25, 0.3) is 0 Å². The lowest BCUT2D eigenvalue weighted by atomic mass is 9.97. The van der Waals surface area contributed by atoms with Crippen LogP contribution in [0.5, 0.6) is 0 Å². The van der Waals surface area contributed by atoms with Gasteiger partial charge in [0.15, 0.2) is 0 Å². The van der Waals surface area contributed by atoms with E-state index in [2.05, 4.69) is 10.3 Å². The van der Waals surface area contributed by atoms with Crippen molar-refractivity contribution in [3.05, 3.63) is 24.3 Å². The molecule has 3 rings (SSSR count). The van der Waals surface area contributed by atoms with Gasteiger partial charge >= 0.3 is 0 Å². The lowest BCUT2D eigenvalue weighted by molar-refractivity contribution is -0.0228. The predicted octanol–water partition coefficient (Wildman–Crippen LogP) is 1.41. The Morgan fingerprint density at radius 2 is 2.14 bits per heavy atom. The third kappa shape index (κ3) is 1.14. The Morgan fingerprint density at radius 1 is 1.29 bits per heavy atom. The molecule has 0 radical (unpaired) electrons. The molecule has 4 nitrogen and oxygen atoms in total. The molecular weight excluding hydrogens is 178 g/mol. The van der Waals surface area contributed by atoms with Crippen molar-refractivity contribution in [3.8, 4) is 0 Å². The van der Waals surface area contributed by atoms with E-state index in [1.54, 1.807) is 4.85 Å². The van der Waals surface area contributed by atoms with E-state index in [0.29, 0.717) is 6.10 Å². The molecule has 1 saturated carbocycles. The minimum absolute atomic E-state index is 0.333. The van der Waals surface area contributed by atoms with E-state index in [4.69, 9.17) is 4.84 Å². The Bertz CT molecular complexity index is 447. The topological polar surface area (TPSA) is 39.9 Å². The van der Waals surface area contributed by atoms with Crippen LogP contribution in [-0.2, 0) is 0 Å². The average Bonchev–Trinajstić information content (AvgIpc) is 2.55. The summed E-state index contributed by atoms with van der Waals surface area (Å²) in [6.45, 7) is 0. The summed E-state index contributed by atoms with van der Waals surface area (Å²) in [6.07, 6.45) is 3.86. The van der Waals surface area contributed by atoms with Gasteiger partial charge in [-0.15, -0.1) is 5.10 Å². The van der Waals surface area contributed by atoms with Gasteiger partial charge in [-0.1, -0.05) is 17.0 Å². The van der Waals surface area contributed by atoms with Gasteiger partial charge in [0.1, 0.15) is 17.1 Å². The van der Waals surface area contributed by atoms with Gasteiger partial charge in [0.05, 0.1) is 0 Å². The molecule has 1 aliphatic rings. The second-order valence-electron chi connectivity index (χ2n) is 3.61. The molecule has 1 aromatic carbocycles. The second-order valence-corrected chi connectivity index (χ2v) is 3.61. The van der Waals surface area contributed by atoms with Gasteiger partial charge in [-0.3, -0.25) is 0 Å². The SMILES string of the molecule is c1ccc2c(c1)nnn2OC1CCC1. The summed E-state index contributed by atoms with van der Waals surface area (Å²) >= 11 is 0. The molecule has 0 unspecified atom stereocenters. The van der Waals surface area contributed by atoms with Crippen molar-refractivity contribution in [2.24, 2.45) is 0 Å². The molecule has 14 heavy (non-hydrogen) atoms. The van der Waals surface area contributed by atoms with Crippen molar-refractivity contribution < 1.29 is 4.84 Å². The van der Waals surface area contributed by atoms with Gasteiger partial charge in [-0.2, -0.15) is 0 Å². The fourth-order valence-corrected chi connectivity index (χ4v) is 1.54. The molecule has 0 spiro atoms. The van der Waals surface area contributed by atoms with Gasteiger partial charge in [0.2, 0.25) is 0 Å². The highest BCUT2D eigenvalue weighted by Gasteiger charge is 2.20. The molecule has 0 amide bonds. The monoisotopic (exact) mass is 189 g/mol. The molecule has 1 fully saturated rings. The van der Waals surface area contributed by atoms with E-state index in [-0.39, 0.29) is 0 Å². The van der Waals surface area contributed by atoms with Gasteiger partial charge < -0.3 is 4.84 Å². The number of rotatable bonds is 2. The molecule has 4 heteroatoms. The molecule has 0 bridgehead atoms. The van der Waals surface area contributed by atoms with Gasteiger partial charge in [-0.05, 0) is 36.6 Å². The average molecular weight is 189 g/mol. The molecule has 0 N–H and O–H groups in total. The van der Waals surface area contributed by atoms with Crippen LogP contribution in [0.4, 0.5) is 0 Å². The van der Waals surface area contributed by atoms with Crippen molar-refractivity contribution in [2.75, 3.05) is 0 Å². The summed E-state index contributed by atoms with van der Waals surface area (Å²) in [5.41, 5.74) is 1.83. The highest BCUT2D eigenvalue weighted by atomic mass is 16.7. The van der Waals surface area contributed by atoms with Crippen LogP contribution in [0.25, 0.3) is 11.0 Å². The van der Waals surface area contributed by atoms with Crippen molar-refractivity contribution in [1.82, 2.24) is 15.2 Å². The van der Waals surface area contributed by atoms with E-state index in [9.17, 15) is 0 Å². The summed E-state index contributed by atoms with van der Waals surface area (Å²) in [6, 6.07) is 7.81. The fraction of sp³-hybridized carbons (Fsp3) is 0.400. The lowest BCUT2D eigenvalue weighted by Gasteiger charge is -2.24. The van der Waals surface area contributed by atoms with Crippen LogP contribution in [0.15, 0.2) is 24.3 Å². The highest BCUT2D eigenvalue weighted by Crippen LogP contribution is 2.20. The predicted molar refractivity (Wildman–Crippen MR) is 51.7 cm³/mol. The minimum Gasteiger partial charge on any atom is -0.392 e. The van der Waals surface area contributed by atoms with Gasteiger partial charge in [0, 0.05) is 0 Å². The van der Waals surface area contributed by atoms with Crippen LogP contribution in [0.3, 0.4) is 0 Å². The van der Waals surface area contributed by atoms with Crippen molar-refractivity contribution in [2.45, 2.75) is 25.4 Å². The smallest absolute Gasteiger partial charge is 0.130 e. The zero-order valence-electron chi connectivity index (χ0n) is 7.76. The van der Waals surface area contributed by atoms with E-state index in [0.717, 1.165) is 23.9 Å². The van der Waals surface area contributed by atoms with Crippen LogP contribution in [-0.4, -0.2) is 21.3 Å². The molecule has 1 aliphatic carbocycles. The summed E-state index contributed by atoms with van der Waals surface area (Å²) in [4.78, 5) is 7.19. The molecular formula is C10H11N3O. The molecule has 0 atom stereocenters. The molecule has 1 aromatic heterocycles. The Labute approximate surface area is 81.4 Å². The van der Waals surface area contributed by atoms with Crippen molar-refractivity contribution >= 4 is 11.0 Å². The largest absolute Gasteiger partial charge is 0.392 e. The first-order valence-electron chi connectivity index (χ1n) is 4.91. The number of fused-ring (bicyclic) bond motifs is 1. The maximum atomic E-state index is 5.65. The van der Waals surface area contributed by atoms with Crippen LogP contribution in [0, 0.1) is 0 Å². The quantitative estimate of drug-likeness (QED) is 0.717. The third-order valence-electron chi connectivity index (χ3n) is 2.62. The molecule has 2 aromatic rings. The lowest BCUT2D eigenvalue weighted by Crippen LogP contribution is -2.31. The fourth-order valence-electron chi connectivity index (χ4n) is 1.54. The maximum absolute atomic E-state index is 5.65. The number of benzene rings is 1. The Balaban J connectivity index is 1.95. The van der Waals surface area contributed by atoms with Crippen molar-refractivity contribution in [3.63, 3.8) is 0 Å². The standard InChI is InChI=1S/C10H11N3O/c1-2-7-10-9(6-1)11-12-13(10)14-8-4-3-5-8/h1-2,6-8H,3-5H2. The number of nitrogens with zero attached hydrogens (tertiary/aromatic N) is 3. The van der Waals surface area contributed by atoms with Gasteiger partial charge in [-0.25, -0.2) is 0 Å². The Hall–Kier alpha value is -1.58. The Morgan fingerprint density at radius 3 is 2.93 bits per heavy atom. The number of hydrogen-bond acceptors (Lipinski definition) is 3. The highest BCUT2D eigenvalue weighted by molar-refractivity contribution is 5.73. The first kappa shape index (κ1) is 7.79. The van der Waals surface area contributed by atoms with E-state index in [1.165, 1.54) is 6.42 Å². The normalized spacial score (nSPS) is 16.9. The van der Waals surface area contributed by atoms with Crippen LogP contribution in [0.2, 0.25) is 0 Å². The van der Waals surface area contributed by atoms with E-state index >= 15 is 0 Å². The summed E-state index contributed by atoms with van der Waals surface area (Å²) in [7, 11) is 0. The van der Waals surface area contributed by atoms with Crippen molar-refractivity contribution in [1.29, 1.82) is 0 Å². The molecule has 1 heterocycles. The first-order chi connectivity index (χ1) is 6.93. The number of hydrogen-bond donors (Lipinski definition) is 0. The third-order valence-corrected chi connectivity index (χ3v) is 2.62. The maximum Gasteiger partial charge on any atom is 0.130 e. The van der Waals surface area contributed by atoms with Crippen LogP contribution in [0.1, 0.15) is 19.3 Å². The summed E-state index contributed by atoms with van der Waals surface area (Å²) in [5, 5.41) is 7.98. The zero-order valence-corrected chi connectivity index (χ0v) is 7.76. The number of aromatic nitrogens is 3. The van der Waals surface area contributed by atoms with E-state index in [1.807, 2.05) is 24.3 Å². The molecule has 0 saturated heterocycles. The molecule has 72 valence electrons. The van der Waals surface area contributed by atoms with Crippen LogP contribution < -0.4 is 4.84 Å². The van der Waals surface area contributed by atoms with E-state index < -0.39 is 0 Å².